The van der Waals surface area contributed by atoms with Crippen molar-refractivity contribution in [2.45, 2.75) is 26.0 Å². The average molecular weight is 357 g/mol. The van der Waals surface area contributed by atoms with Gasteiger partial charge in [-0.15, -0.1) is 11.3 Å². The first-order chi connectivity index (χ1) is 12.1. The first-order valence-electron chi connectivity index (χ1n) is 7.99. The number of anilines is 2. The molecule has 1 heterocycles. The van der Waals surface area contributed by atoms with Crippen molar-refractivity contribution in [1.29, 1.82) is 0 Å². The van der Waals surface area contributed by atoms with E-state index in [1.807, 2.05) is 0 Å². The van der Waals surface area contributed by atoms with Gasteiger partial charge < -0.3 is 15.3 Å². The van der Waals surface area contributed by atoms with E-state index in [0.717, 1.165) is 17.8 Å². The number of amides is 2. The second-order valence-corrected chi connectivity index (χ2v) is 6.77. The van der Waals surface area contributed by atoms with E-state index in [1.54, 1.807) is 34.5 Å². The molecule has 7 heteroatoms. The molecule has 1 aliphatic carbocycles. The number of aromatic nitrogens is 1. The lowest BCUT2D eigenvalue weighted by atomic mass is 10.2. The van der Waals surface area contributed by atoms with Gasteiger partial charge in [-0.2, -0.15) is 0 Å². The molecule has 0 aliphatic heterocycles. The largest absolute Gasteiger partial charge is 0.390 e. The summed E-state index contributed by atoms with van der Waals surface area (Å²) in [4.78, 5) is 29.9. The van der Waals surface area contributed by atoms with Crippen molar-refractivity contribution < 1.29 is 14.7 Å². The van der Waals surface area contributed by atoms with Gasteiger partial charge in [-0.1, -0.05) is 6.58 Å². The summed E-state index contributed by atoms with van der Waals surface area (Å²) >= 11 is 1.39. The summed E-state index contributed by atoms with van der Waals surface area (Å²) in [5.41, 5.74) is 1.99. The zero-order valence-electron chi connectivity index (χ0n) is 13.6. The molecular weight excluding hydrogens is 338 g/mol. The monoisotopic (exact) mass is 357 g/mol. The van der Waals surface area contributed by atoms with Gasteiger partial charge in [-0.25, -0.2) is 4.98 Å². The summed E-state index contributed by atoms with van der Waals surface area (Å²) < 4.78 is 0. The van der Waals surface area contributed by atoms with Crippen molar-refractivity contribution in [3.63, 3.8) is 0 Å². The number of carbonyl (C=O) groups excluding carboxylic acids is 2. The smallest absolute Gasteiger partial charge is 0.250 e. The van der Waals surface area contributed by atoms with E-state index in [1.165, 1.54) is 17.4 Å². The third-order valence-corrected chi connectivity index (χ3v) is 4.77. The fraction of sp³-hybridized carbons (Fsp3) is 0.278. The van der Waals surface area contributed by atoms with E-state index in [0.29, 0.717) is 23.6 Å². The molecule has 2 aromatic rings. The molecule has 1 fully saturated rings. The minimum atomic E-state index is -0.240. The number of rotatable bonds is 7. The normalized spacial score (nSPS) is 13.3. The van der Waals surface area contributed by atoms with Gasteiger partial charge in [0.05, 0.1) is 18.8 Å². The molecule has 130 valence electrons. The van der Waals surface area contributed by atoms with E-state index < -0.39 is 0 Å². The van der Waals surface area contributed by atoms with Crippen molar-refractivity contribution in [1.82, 2.24) is 4.98 Å². The summed E-state index contributed by atoms with van der Waals surface area (Å²) in [6.07, 6.45) is 3.16. The maximum Gasteiger partial charge on any atom is 0.250 e. The van der Waals surface area contributed by atoms with Crippen LogP contribution in [0, 0.1) is 5.92 Å². The van der Waals surface area contributed by atoms with E-state index in [2.05, 4.69) is 16.9 Å². The van der Waals surface area contributed by atoms with Crippen molar-refractivity contribution >= 4 is 34.5 Å². The number of aliphatic hydroxyl groups is 1. The highest BCUT2D eigenvalue weighted by Crippen LogP contribution is 2.30. The van der Waals surface area contributed by atoms with Crippen LogP contribution in [0.3, 0.4) is 0 Å². The third kappa shape index (κ3) is 4.32. The molecule has 0 unspecified atom stereocenters. The topological polar surface area (TPSA) is 82.5 Å². The lowest BCUT2D eigenvalue weighted by molar-refractivity contribution is -0.117. The molecule has 1 aromatic carbocycles. The van der Waals surface area contributed by atoms with Crippen LogP contribution in [0.1, 0.15) is 23.5 Å². The van der Waals surface area contributed by atoms with E-state index in [4.69, 9.17) is 5.11 Å². The Morgan fingerprint density at radius 1 is 1.36 bits per heavy atom. The number of thiazole rings is 1. The maximum atomic E-state index is 12.2. The number of nitrogens with one attached hydrogen (secondary N) is 1. The van der Waals surface area contributed by atoms with Crippen molar-refractivity contribution in [3.05, 3.63) is 53.0 Å². The standard InChI is InChI=1S/C18H19N3O3S/c1-2-17(23)21(9-16-19-14(10-22)11-25-16)15-7-5-13(6-8-15)20-18(24)12-3-4-12/h2,5-8,11-12,22H,1,3-4,9-10H2,(H,20,24). The van der Waals surface area contributed by atoms with Crippen LogP contribution >= 0.6 is 11.3 Å². The Balaban J connectivity index is 1.74. The first kappa shape index (κ1) is 17.3. The van der Waals surface area contributed by atoms with E-state index in [9.17, 15) is 9.59 Å². The van der Waals surface area contributed by atoms with Crippen molar-refractivity contribution in [3.8, 4) is 0 Å². The predicted molar refractivity (Wildman–Crippen MR) is 97.2 cm³/mol. The highest BCUT2D eigenvalue weighted by Gasteiger charge is 2.29. The Morgan fingerprint density at radius 3 is 2.64 bits per heavy atom. The second kappa shape index (κ2) is 7.58. The van der Waals surface area contributed by atoms with Gasteiger partial charge in [0.15, 0.2) is 0 Å². The fourth-order valence-corrected chi connectivity index (χ4v) is 3.12. The molecule has 0 spiro atoms. The number of hydrogen-bond donors (Lipinski definition) is 2. The van der Waals surface area contributed by atoms with Crippen LogP contribution < -0.4 is 10.2 Å². The molecule has 2 amide bonds. The fourth-order valence-electron chi connectivity index (χ4n) is 2.35. The summed E-state index contributed by atoms with van der Waals surface area (Å²) in [6, 6.07) is 7.12. The molecule has 0 bridgehead atoms. The Bertz CT molecular complexity index is 781. The van der Waals surface area contributed by atoms with Gasteiger partial charge in [0.1, 0.15) is 5.01 Å². The van der Waals surface area contributed by atoms with Crippen molar-refractivity contribution in [2.75, 3.05) is 10.2 Å². The SMILES string of the molecule is C=CC(=O)N(Cc1nc(CO)cs1)c1ccc(NC(=O)C2CC2)cc1. The number of aliphatic hydroxyl groups excluding tert-OH is 1. The van der Waals surface area contributed by atoms with E-state index in [-0.39, 0.29) is 24.3 Å². The summed E-state index contributed by atoms with van der Waals surface area (Å²) in [6.45, 7) is 3.72. The van der Waals surface area contributed by atoms with Crippen LogP contribution in [0.15, 0.2) is 42.3 Å². The van der Waals surface area contributed by atoms with Crippen LogP contribution in [0.4, 0.5) is 11.4 Å². The summed E-state index contributed by atoms with van der Waals surface area (Å²) in [7, 11) is 0. The third-order valence-electron chi connectivity index (χ3n) is 3.89. The Labute approximate surface area is 149 Å². The average Bonchev–Trinajstić information content (AvgIpc) is 3.39. The molecule has 3 rings (SSSR count). The Morgan fingerprint density at radius 2 is 2.08 bits per heavy atom. The summed E-state index contributed by atoms with van der Waals surface area (Å²) in [5.74, 6) is -0.0502. The lowest BCUT2D eigenvalue weighted by Gasteiger charge is -2.20. The Kier molecular flexibility index (Phi) is 5.25. The lowest BCUT2D eigenvalue weighted by Crippen LogP contribution is -2.28. The molecule has 1 aliphatic rings. The van der Waals surface area contributed by atoms with Crippen LogP contribution in [-0.4, -0.2) is 21.9 Å². The van der Waals surface area contributed by atoms with Gasteiger partial charge in [0.2, 0.25) is 5.91 Å². The van der Waals surface area contributed by atoms with Gasteiger partial charge in [-0.3, -0.25) is 9.59 Å². The highest BCUT2D eigenvalue weighted by molar-refractivity contribution is 7.09. The number of nitrogens with zero attached hydrogens (tertiary/aromatic N) is 2. The maximum absolute atomic E-state index is 12.2. The predicted octanol–water partition coefficient (Wildman–Crippen LogP) is 2.70. The van der Waals surface area contributed by atoms with Gasteiger partial charge in [-0.05, 0) is 43.2 Å². The molecule has 0 atom stereocenters. The zero-order chi connectivity index (χ0) is 17.8. The van der Waals surface area contributed by atoms with Crippen LogP contribution in [-0.2, 0) is 22.7 Å². The number of benzene rings is 1. The summed E-state index contributed by atoms with van der Waals surface area (Å²) in [5, 5.41) is 14.5. The second-order valence-electron chi connectivity index (χ2n) is 5.83. The van der Waals surface area contributed by atoms with Gasteiger partial charge in [0.25, 0.3) is 5.91 Å². The molecule has 1 saturated carbocycles. The molecule has 0 radical (unpaired) electrons. The Hall–Kier alpha value is -2.51. The van der Waals surface area contributed by atoms with Gasteiger partial charge in [0, 0.05) is 22.7 Å². The number of hydrogen-bond acceptors (Lipinski definition) is 5. The molecule has 25 heavy (non-hydrogen) atoms. The quantitative estimate of drug-likeness (QED) is 0.747. The molecule has 1 aromatic heterocycles. The first-order valence-corrected chi connectivity index (χ1v) is 8.87. The minimum absolute atomic E-state index is 0.0473. The van der Waals surface area contributed by atoms with Crippen molar-refractivity contribution in [2.24, 2.45) is 5.92 Å². The van der Waals surface area contributed by atoms with Crippen LogP contribution in [0.5, 0.6) is 0 Å². The van der Waals surface area contributed by atoms with Crippen LogP contribution in [0.25, 0.3) is 0 Å². The zero-order valence-corrected chi connectivity index (χ0v) is 14.5. The minimum Gasteiger partial charge on any atom is -0.390 e. The van der Waals surface area contributed by atoms with Gasteiger partial charge >= 0.3 is 0 Å². The molecule has 6 nitrogen and oxygen atoms in total. The molecule has 0 saturated heterocycles. The highest BCUT2D eigenvalue weighted by atomic mass is 32.1. The molecular formula is C18H19N3O3S. The molecule has 2 N–H and O–H groups in total. The van der Waals surface area contributed by atoms with Crippen LogP contribution in [0.2, 0.25) is 0 Å². The van der Waals surface area contributed by atoms with E-state index >= 15 is 0 Å². The number of carbonyl (C=O) groups is 2.